The molecule has 1 aliphatic rings. The normalized spacial score (nSPS) is 18.5. The van der Waals surface area contributed by atoms with E-state index in [1.165, 1.54) is 0 Å². The van der Waals surface area contributed by atoms with Gasteiger partial charge in [0.05, 0.1) is 5.52 Å². The molecular weight excluding hydrogens is 386 g/mol. The van der Waals surface area contributed by atoms with Crippen LogP contribution < -0.4 is 10.7 Å². The number of para-hydroxylation sites is 1. The van der Waals surface area contributed by atoms with Crippen LogP contribution >= 0.6 is 0 Å². The number of aryl methyl sites for hydroxylation is 1. The Morgan fingerprint density at radius 1 is 1.23 bits per heavy atom. The molecule has 2 aromatic heterocycles. The molecular formula is C21H27N5O4. The van der Waals surface area contributed by atoms with Crippen LogP contribution in [0.15, 0.2) is 24.3 Å². The van der Waals surface area contributed by atoms with E-state index in [1.54, 1.807) is 5.01 Å². The van der Waals surface area contributed by atoms with Crippen LogP contribution in [0.3, 0.4) is 0 Å². The van der Waals surface area contributed by atoms with Crippen molar-refractivity contribution in [3.63, 3.8) is 0 Å². The maximum atomic E-state index is 12.5. The maximum absolute atomic E-state index is 12.5. The van der Waals surface area contributed by atoms with Crippen molar-refractivity contribution >= 4 is 33.7 Å². The van der Waals surface area contributed by atoms with Gasteiger partial charge in [-0.05, 0) is 19.9 Å². The first-order valence-electron chi connectivity index (χ1n) is 10.3. The number of fused-ring (bicyclic) bond motifs is 3. The van der Waals surface area contributed by atoms with Gasteiger partial charge in [0.15, 0.2) is 11.9 Å². The molecule has 0 radical (unpaired) electrons. The quantitative estimate of drug-likeness (QED) is 0.567. The molecule has 0 bridgehead atoms. The second-order valence-electron chi connectivity index (χ2n) is 7.24. The molecule has 9 nitrogen and oxygen atoms in total. The zero-order chi connectivity index (χ0) is 21.5. The second kappa shape index (κ2) is 7.73. The summed E-state index contributed by atoms with van der Waals surface area (Å²) in [5.41, 5.74) is 8.29. The van der Waals surface area contributed by atoms with Crippen molar-refractivity contribution in [3.05, 3.63) is 30.1 Å². The summed E-state index contributed by atoms with van der Waals surface area (Å²) in [6.07, 6.45) is 1.02. The highest BCUT2D eigenvalue weighted by molar-refractivity contribution is 6.06. The number of carboxylic acid groups (broad SMARTS) is 1. The van der Waals surface area contributed by atoms with E-state index in [0.29, 0.717) is 49.8 Å². The van der Waals surface area contributed by atoms with Gasteiger partial charge in [-0.3, -0.25) is 5.01 Å². The third-order valence-corrected chi connectivity index (χ3v) is 5.55. The van der Waals surface area contributed by atoms with E-state index in [2.05, 4.69) is 4.98 Å². The summed E-state index contributed by atoms with van der Waals surface area (Å²) in [4.78, 5) is 21.7. The van der Waals surface area contributed by atoms with E-state index in [4.69, 9.17) is 20.2 Å². The Kier molecular flexibility index (Phi) is 5.25. The first-order chi connectivity index (χ1) is 14.5. The predicted molar refractivity (Wildman–Crippen MR) is 114 cm³/mol. The molecule has 3 N–H and O–H groups in total. The lowest BCUT2D eigenvalue weighted by Crippen LogP contribution is -2.56. The molecule has 9 heteroatoms. The molecule has 3 aromatic rings. The van der Waals surface area contributed by atoms with Crippen LogP contribution in [0.25, 0.3) is 21.9 Å². The van der Waals surface area contributed by atoms with Crippen LogP contribution in [0.5, 0.6) is 0 Å². The average molecular weight is 413 g/mol. The van der Waals surface area contributed by atoms with Gasteiger partial charge >= 0.3 is 5.97 Å². The molecule has 30 heavy (non-hydrogen) atoms. The number of imidazole rings is 1. The summed E-state index contributed by atoms with van der Waals surface area (Å²) in [5, 5.41) is 12.9. The largest absolute Gasteiger partial charge is 0.480 e. The highest BCUT2D eigenvalue weighted by Gasteiger charge is 2.55. The SMILES string of the molecule is CCOC1(OCC)CCN(n2c(CC)nc3c(N)nc4ccccc4c32)C1C(=O)O. The average Bonchev–Trinajstić information content (AvgIpc) is 3.28. The fourth-order valence-electron chi connectivity index (χ4n) is 4.47. The molecule has 1 atom stereocenters. The minimum absolute atomic E-state index is 0.323. The monoisotopic (exact) mass is 413 g/mol. The third kappa shape index (κ3) is 2.96. The van der Waals surface area contributed by atoms with Crippen LogP contribution in [-0.2, 0) is 20.7 Å². The molecule has 1 saturated heterocycles. The zero-order valence-corrected chi connectivity index (χ0v) is 17.5. The number of benzene rings is 1. The minimum Gasteiger partial charge on any atom is -0.480 e. The first kappa shape index (κ1) is 20.4. The van der Waals surface area contributed by atoms with E-state index in [0.717, 1.165) is 16.4 Å². The van der Waals surface area contributed by atoms with E-state index in [-0.39, 0.29) is 0 Å². The molecule has 0 saturated carbocycles. The number of nitrogens with two attached hydrogens (primary N) is 1. The van der Waals surface area contributed by atoms with E-state index >= 15 is 0 Å². The van der Waals surface area contributed by atoms with Gasteiger partial charge in [0.1, 0.15) is 16.9 Å². The Hall–Kier alpha value is -2.91. The van der Waals surface area contributed by atoms with Gasteiger partial charge in [-0.1, -0.05) is 25.1 Å². The van der Waals surface area contributed by atoms with Gasteiger partial charge in [0, 0.05) is 38.0 Å². The summed E-state index contributed by atoms with van der Waals surface area (Å²) >= 11 is 0. The molecule has 3 heterocycles. The number of carboxylic acids is 1. The molecule has 1 aliphatic heterocycles. The molecule has 0 aliphatic carbocycles. The number of anilines is 1. The van der Waals surface area contributed by atoms with Crippen LogP contribution in [-0.4, -0.2) is 57.3 Å². The van der Waals surface area contributed by atoms with Crippen molar-refractivity contribution in [2.45, 2.75) is 45.4 Å². The number of nitrogens with zero attached hydrogens (tertiary/aromatic N) is 4. The Morgan fingerprint density at radius 2 is 1.93 bits per heavy atom. The number of nitrogen functional groups attached to an aromatic ring is 1. The smallest absolute Gasteiger partial charge is 0.333 e. The first-order valence-corrected chi connectivity index (χ1v) is 10.3. The second-order valence-corrected chi connectivity index (χ2v) is 7.24. The topological polar surface area (TPSA) is 116 Å². The van der Waals surface area contributed by atoms with Crippen molar-refractivity contribution in [2.75, 3.05) is 30.5 Å². The fourth-order valence-corrected chi connectivity index (χ4v) is 4.47. The lowest BCUT2D eigenvalue weighted by molar-refractivity contribution is -0.237. The summed E-state index contributed by atoms with van der Waals surface area (Å²) < 4.78 is 13.7. The molecule has 1 aromatic carbocycles. The Labute approximate surface area is 174 Å². The van der Waals surface area contributed by atoms with Crippen LogP contribution in [0, 0.1) is 0 Å². The van der Waals surface area contributed by atoms with Gasteiger partial charge < -0.3 is 20.3 Å². The summed E-state index contributed by atoms with van der Waals surface area (Å²) in [5.74, 6) is -1.20. The van der Waals surface area contributed by atoms with Gasteiger partial charge in [-0.15, -0.1) is 0 Å². The Balaban J connectivity index is 1.99. The molecule has 0 amide bonds. The minimum atomic E-state index is -1.23. The van der Waals surface area contributed by atoms with Crippen molar-refractivity contribution in [2.24, 2.45) is 0 Å². The van der Waals surface area contributed by atoms with Crippen LogP contribution in [0.4, 0.5) is 5.82 Å². The van der Waals surface area contributed by atoms with E-state index in [1.807, 2.05) is 49.7 Å². The van der Waals surface area contributed by atoms with Gasteiger partial charge in [-0.25, -0.2) is 19.4 Å². The van der Waals surface area contributed by atoms with E-state index < -0.39 is 17.8 Å². The maximum Gasteiger partial charge on any atom is 0.333 e. The van der Waals surface area contributed by atoms with Crippen molar-refractivity contribution in [1.29, 1.82) is 0 Å². The number of ether oxygens (including phenoxy) is 2. The van der Waals surface area contributed by atoms with Gasteiger partial charge in [0.2, 0.25) is 5.79 Å². The number of hydrogen-bond donors (Lipinski definition) is 2. The van der Waals surface area contributed by atoms with Crippen molar-refractivity contribution in [3.8, 4) is 0 Å². The number of hydrogen-bond acceptors (Lipinski definition) is 7. The fraction of sp³-hybridized carbons (Fsp3) is 0.476. The summed E-state index contributed by atoms with van der Waals surface area (Å²) in [7, 11) is 0. The highest BCUT2D eigenvalue weighted by atomic mass is 16.7. The van der Waals surface area contributed by atoms with Gasteiger partial charge in [0.25, 0.3) is 0 Å². The summed E-state index contributed by atoms with van der Waals surface area (Å²) in [6, 6.07) is 6.62. The standard InChI is InChI=1S/C21H27N5O4/c1-4-15-24-16-17(13-9-7-8-10-14(13)23-19(16)22)26(15)25-12-11-21(29-5-2,30-6-3)18(25)20(27)28/h7-10,18H,4-6,11-12H2,1-3H3,(H2,22,23)(H,27,28). The Bertz CT molecular complexity index is 1090. The molecule has 1 unspecified atom stereocenters. The predicted octanol–water partition coefficient (Wildman–Crippen LogP) is 2.29. The summed E-state index contributed by atoms with van der Waals surface area (Å²) in [6.45, 7) is 6.80. The zero-order valence-electron chi connectivity index (χ0n) is 17.5. The van der Waals surface area contributed by atoms with Gasteiger partial charge in [-0.2, -0.15) is 0 Å². The molecule has 0 spiro atoms. The van der Waals surface area contributed by atoms with Crippen molar-refractivity contribution < 1.29 is 19.4 Å². The number of aromatic nitrogens is 3. The molecule has 4 rings (SSSR count). The van der Waals surface area contributed by atoms with Crippen LogP contribution in [0.2, 0.25) is 0 Å². The highest BCUT2D eigenvalue weighted by Crippen LogP contribution is 2.37. The number of pyridine rings is 1. The van der Waals surface area contributed by atoms with Crippen molar-refractivity contribution in [1.82, 2.24) is 14.6 Å². The Morgan fingerprint density at radius 3 is 2.57 bits per heavy atom. The molecule has 160 valence electrons. The number of rotatable bonds is 7. The number of aliphatic carboxylic acids is 1. The lowest BCUT2D eigenvalue weighted by Gasteiger charge is -2.36. The lowest BCUT2D eigenvalue weighted by atomic mass is 10.1. The number of carbonyl (C=O) groups is 1. The third-order valence-electron chi connectivity index (χ3n) is 5.55. The molecule has 1 fully saturated rings. The van der Waals surface area contributed by atoms with Crippen LogP contribution in [0.1, 0.15) is 33.0 Å². The van der Waals surface area contributed by atoms with E-state index in [9.17, 15) is 9.90 Å².